The average Bonchev–Trinajstić information content (AvgIpc) is 2.76. The zero-order valence-electron chi connectivity index (χ0n) is 17.6. The molecule has 1 atom stereocenters. The van der Waals surface area contributed by atoms with Gasteiger partial charge in [0.1, 0.15) is 5.75 Å². The Morgan fingerprint density at radius 3 is 2.47 bits per heavy atom. The summed E-state index contributed by atoms with van der Waals surface area (Å²) >= 11 is 0. The van der Waals surface area contributed by atoms with E-state index in [1.165, 1.54) is 0 Å². The van der Waals surface area contributed by atoms with Crippen LogP contribution in [-0.2, 0) is 9.53 Å². The molecule has 1 N–H and O–H groups in total. The van der Waals surface area contributed by atoms with Crippen molar-refractivity contribution in [3.8, 4) is 5.75 Å². The standard InChI is InChI=1S/C24H26N2O4/c1-15(2)21-13-19(18-10-5-7-11-20(18)26-21)24(28)30-14-23(27)25-16(3)17-9-6-8-12-22(17)29-4/h5-13,15-16H,14H2,1-4H3,(H,25,27). The highest BCUT2D eigenvalue weighted by Gasteiger charge is 2.18. The van der Waals surface area contributed by atoms with Crippen LogP contribution in [0.1, 0.15) is 54.3 Å². The number of pyridine rings is 1. The molecule has 0 radical (unpaired) electrons. The number of hydrogen-bond acceptors (Lipinski definition) is 5. The van der Waals surface area contributed by atoms with Crippen molar-refractivity contribution in [2.45, 2.75) is 32.7 Å². The third kappa shape index (κ3) is 4.76. The molecular weight excluding hydrogens is 380 g/mol. The topological polar surface area (TPSA) is 77.5 Å². The molecule has 0 aliphatic rings. The summed E-state index contributed by atoms with van der Waals surface area (Å²) in [4.78, 5) is 29.7. The fourth-order valence-corrected chi connectivity index (χ4v) is 3.25. The molecule has 1 amide bonds. The fourth-order valence-electron chi connectivity index (χ4n) is 3.25. The second-order valence-electron chi connectivity index (χ2n) is 7.37. The van der Waals surface area contributed by atoms with Gasteiger partial charge in [-0.05, 0) is 31.0 Å². The van der Waals surface area contributed by atoms with Crippen LogP contribution in [0.25, 0.3) is 10.9 Å². The molecule has 0 saturated heterocycles. The number of fused-ring (bicyclic) bond motifs is 1. The summed E-state index contributed by atoms with van der Waals surface area (Å²) < 4.78 is 10.6. The Kier molecular flexibility index (Phi) is 6.67. The minimum Gasteiger partial charge on any atom is -0.496 e. The molecule has 1 unspecified atom stereocenters. The van der Waals surface area contributed by atoms with Crippen LogP contribution in [0.15, 0.2) is 54.6 Å². The van der Waals surface area contributed by atoms with Crippen molar-refractivity contribution in [3.05, 3.63) is 71.4 Å². The Bertz CT molecular complexity index is 1060. The van der Waals surface area contributed by atoms with Crippen LogP contribution in [0.2, 0.25) is 0 Å². The number of amides is 1. The van der Waals surface area contributed by atoms with Gasteiger partial charge in [0.05, 0.1) is 24.2 Å². The molecule has 0 spiro atoms. The first-order valence-electron chi connectivity index (χ1n) is 9.89. The highest BCUT2D eigenvalue weighted by molar-refractivity contribution is 6.04. The Labute approximate surface area is 176 Å². The predicted molar refractivity (Wildman–Crippen MR) is 116 cm³/mol. The minimum atomic E-state index is -0.546. The number of methoxy groups -OCH3 is 1. The van der Waals surface area contributed by atoms with Gasteiger partial charge in [-0.2, -0.15) is 0 Å². The zero-order chi connectivity index (χ0) is 21.7. The molecule has 0 aliphatic carbocycles. The summed E-state index contributed by atoms with van der Waals surface area (Å²) in [5.74, 6) is -0.0854. The second kappa shape index (κ2) is 9.39. The van der Waals surface area contributed by atoms with Crippen LogP contribution in [-0.4, -0.2) is 30.6 Å². The van der Waals surface area contributed by atoms with E-state index in [2.05, 4.69) is 10.3 Å². The molecule has 1 heterocycles. The lowest BCUT2D eigenvalue weighted by atomic mass is 10.0. The van der Waals surface area contributed by atoms with E-state index in [1.807, 2.05) is 69.3 Å². The summed E-state index contributed by atoms with van der Waals surface area (Å²) in [6, 6.07) is 16.3. The van der Waals surface area contributed by atoms with Crippen LogP contribution < -0.4 is 10.1 Å². The van der Waals surface area contributed by atoms with Crippen molar-refractivity contribution in [1.82, 2.24) is 10.3 Å². The summed E-state index contributed by atoms with van der Waals surface area (Å²) in [5.41, 5.74) is 2.79. The maximum absolute atomic E-state index is 12.7. The molecule has 156 valence electrons. The largest absolute Gasteiger partial charge is 0.496 e. The van der Waals surface area contributed by atoms with Gasteiger partial charge in [0.25, 0.3) is 5.91 Å². The highest BCUT2D eigenvalue weighted by atomic mass is 16.5. The number of para-hydroxylation sites is 2. The predicted octanol–water partition coefficient (Wildman–Crippen LogP) is 4.40. The first kappa shape index (κ1) is 21.3. The van der Waals surface area contributed by atoms with Gasteiger partial charge < -0.3 is 14.8 Å². The lowest BCUT2D eigenvalue weighted by Crippen LogP contribution is -2.31. The molecule has 1 aromatic heterocycles. The number of nitrogens with one attached hydrogen (secondary N) is 1. The van der Waals surface area contributed by atoms with E-state index in [1.54, 1.807) is 13.2 Å². The van der Waals surface area contributed by atoms with Gasteiger partial charge in [0.15, 0.2) is 6.61 Å². The summed E-state index contributed by atoms with van der Waals surface area (Å²) in [5, 5.41) is 3.54. The summed E-state index contributed by atoms with van der Waals surface area (Å²) in [6.45, 7) is 5.51. The first-order valence-corrected chi connectivity index (χ1v) is 9.89. The van der Waals surface area contributed by atoms with Crippen molar-refractivity contribution < 1.29 is 19.1 Å². The highest BCUT2D eigenvalue weighted by Crippen LogP contribution is 2.25. The molecule has 3 aromatic rings. The maximum atomic E-state index is 12.7. The molecule has 0 aliphatic heterocycles. The van der Waals surface area contributed by atoms with Crippen LogP contribution in [0, 0.1) is 0 Å². The van der Waals surface area contributed by atoms with Crippen molar-refractivity contribution in [2.75, 3.05) is 13.7 Å². The quantitative estimate of drug-likeness (QED) is 0.589. The molecular formula is C24H26N2O4. The first-order chi connectivity index (χ1) is 14.4. The Balaban J connectivity index is 1.70. The van der Waals surface area contributed by atoms with Gasteiger partial charge in [-0.1, -0.05) is 50.2 Å². The van der Waals surface area contributed by atoms with Gasteiger partial charge in [-0.15, -0.1) is 0 Å². The lowest BCUT2D eigenvalue weighted by Gasteiger charge is -2.17. The number of hydrogen-bond donors (Lipinski definition) is 1. The van der Waals surface area contributed by atoms with E-state index in [0.717, 1.165) is 16.8 Å². The molecule has 3 rings (SSSR count). The number of esters is 1. The van der Waals surface area contributed by atoms with Gasteiger partial charge in [0.2, 0.25) is 0 Å². The normalized spacial score (nSPS) is 11.9. The maximum Gasteiger partial charge on any atom is 0.339 e. The SMILES string of the molecule is COc1ccccc1C(C)NC(=O)COC(=O)c1cc(C(C)C)nc2ccccc12. The van der Waals surface area contributed by atoms with E-state index in [-0.39, 0.29) is 24.5 Å². The number of carbonyl (C=O) groups is 2. The molecule has 6 heteroatoms. The molecule has 30 heavy (non-hydrogen) atoms. The zero-order valence-corrected chi connectivity index (χ0v) is 17.6. The molecule has 0 fully saturated rings. The van der Waals surface area contributed by atoms with Gasteiger partial charge in [0, 0.05) is 16.6 Å². The Morgan fingerprint density at radius 2 is 1.73 bits per heavy atom. The molecule has 0 saturated carbocycles. The third-order valence-electron chi connectivity index (χ3n) is 4.86. The van der Waals surface area contributed by atoms with E-state index in [9.17, 15) is 9.59 Å². The number of aromatic nitrogens is 1. The number of nitrogens with zero attached hydrogens (tertiary/aromatic N) is 1. The van der Waals surface area contributed by atoms with E-state index >= 15 is 0 Å². The summed E-state index contributed by atoms with van der Waals surface area (Å²) in [6.07, 6.45) is 0. The van der Waals surface area contributed by atoms with Crippen molar-refractivity contribution >= 4 is 22.8 Å². The van der Waals surface area contributed by atoms with Crippen LogP contribution in [0.5, 0.6) is 5.75 Å². The van der Waals surface area contributed by atoms with E-state index in [0.29, 0.717) is 16.7 Å². The minimum absolute atomic E-state index is 0.158. The number of rotatable bonds is 7. The molecule has 2 aromatic carbocycles. The Morgan fingerprint density at radius 1 is 1.03 bits per heavy atom. The van der Waals surface area contributed by atoms with Crippen LogP contribution >= 0.6 is 0 Å². The Hall–Kier alpha value is -3.41. The van der Waals surface area contributed by atoms with Crippen molar-refractivity contribution in [3.63, 3.8) is 0 Å². The lowest BCUT2D eigenvalue weighted by molar-refractivity contribution is -0.124. The monoisotopic (exact) mass is 406 g/mol. The van der Waals surface area contributed by atoms with Gasteiger partial charge >= 0.3 is 5.97 Å². The van der Waals surface area contributed by atoms with E-state index < -0.39 is 5.97 Å². The van der Waals surface area contributed by atoms with E-state index in [4.69, 9.17) is 9.47 Å². The van der Waals surface area contributed by atoms with Crippen LogP contribution in [0.3, 0.4) is 0 Å². The van der Waals surface area contributed by atoms with Crippen molar-refractivity contribution in [2.24, 2.45) is 0 Å². The number of carbonyl (C=O) groups excluding carboxylic acids is 2. The molecule has 6 nitrogen and oxygen atoms in total. The average molecular weight is 406 g/mol. The second-order valence-corrected chi connectivity index (χ2v) is 7.37. The number of benzene rings is 2. The van der Waals surface area contributed by atoms with Crippen molar-refractivity contribution in [1.29, 1.82) is 0 Å². The smallest absolute Gasteiger partial charge is 0.339 e. The van der Waals surface area contributed by atoms with Gasteiger partial charge in [-0.25, -0.2) is 4.79 Å². The number of ether oxygens (including phenoxy) is 2. The summed E-state index contributed by atoms with van der Waals surface area (Å²) in [7, 11) is 1.58. The fraction of sp³-hybridized carbons (Fsp3) is 0.292. The van der Waals surface area contributed by atoms with Crippen LogP contribution in [0.4, 0.5) is 0 Å². The third-order valence-corrected chi connectivity index (χ3v) is 4.86. The van der Waals surface area contributed by atoms with Gasteiger partial charge in [-0.3, -0.25) is 9.78 Å². The molecule has 0 bridgehead atoms.